The van der Waals surface area contributed by atoms with E-state index in [0.29, 0.717) is 0 Å². The molecular formula is C13H14N2. The Hall–Kier alpha value is -1.54. The molecule has 3 rings (SSSR count). The smallest absolute Gasteiger partial charge is 0.0396 e. The molecule has 0 amide bonds. The largest absolute Gasteiger partial charge is 0.398 e. The van der Waals surface area contributed by atoms with E-state index in [1.54, 1.807) is 0 Å². The summed E-state index contributed by atoms with van der Waals surface area (Å²) in [5, 5.41) is 5.90. The SMILES string of the molecule is Nc1cc2c(c3ccccc13)CNCC2. The lowest BCUT2D eigenvalue weighted by Gasteiger charge is -2.20. The molecule has 0 aliphatic carbocycles. The number of anilines is 1. The van der Waals surface area contributed by atoms with Crippen LogP contribution in [0.15, 0.2) is 30.3 Å². The molecule has 1 aliphatic heterocycles. The Labute approximate surface area is 89.1 Å². The Kier molecular flexibility index (Phi) is 1.89. The maximum Gasteiger partial charge on any atom is 0.0396 e. The van der Waals surface area contributed by atoms with Gasteiger partial charge in [-0.05, 0) is 35.5 Å². The van der Waals surface area contributed by atoms with Crippen LogP contribution in [0.25, 0.3) is 10.8 Å². The van der Waals surface area contributed by atoms with Gasteiger partial charge in [0.25, 0.3) is 0 Å². The maximum atomic E-state index is 6.06. The van der Waals surface area contributed by atoms with E-state index in [1.807, 2.05) is 6.07 Å². The third kappa shape index (κ3) is 1.29. The molecule has 0 fully saturated rings. The summed E-state index contributed by atoms with van der Waals surface area (Å²) in [4.78, 5) is 0. The highest BCUT2D eigenvalue weighted by Crippen LogP contribution is 2.29. The van der Waals surface area contributed by atoms with Crippen molar-refractivity contribution < 1.29 is 0 Å². The number of rotatable bonds is 0. The van der Waals surface area contributed by atoms with Gasteiger partial charge in [-0.1, -0.05) is 24.3 Å². The number of nitrogens with one attached hydrogen (secondary N) is 1. The zero-order chi connectivity index (χ0) is 10.3. The molecule has 0 aromatic heterocycles. The van der Waals surface area contributed by atoms with Crippen LogP contribution in [0.4, 0.5) is 5.69 Å². The minimum absolute atomic E-state index is 0.909. The van der Waals surface area contributed by atoms with Crippen molar-refractivity contribution in [3.63, 3.8) is 0 Å². The molecule has 1 aliphatic rings. The van der Waals surface area contributed by atoms with Crippen LogP contribution in [-0.2, 0) is 13.0 Å². The van der Waals surface area contributed by atoms with Crippen molar-refractivity contribution >= 4 is 16.5 Å². The van der Waals surface area contributed by atoms with E-state index in [9.17, 15) is 0 Å². The van der Waals surface area contributed by atoms with Crippen molar-refractivity contribution in [2.75, 3.05) is 12.3 Å². The van der Waals surface area contributed by atoms with E-state index in [1.165, 1.54) is 21.9 Å². The van der Waals surface area contributed by atoms with Gasteiger partial charge in [0.2, 0.25) is 0 Å². The molecule has 0 bridgehead atoms. The van der Waals surface area contributed by atoms with E-state index in [4.69, 9.17) is 5.73 Å². The second kappa shape index (κ2) is 3.24. The first-order valence-electron chi connectivity index (χ1n) is 5.36. The zero-order valence-electron chi connectivity index (χ0n) is 8.59. The fourth-order valence-corrected chi connectivity index (χ4v) is 2.39. The molecule has 2 nitrogen and oxygen atoms in total. The fourth-order valence-electron chi connectivity index (χ4n) is 2.39. The van der Waals surface area contributed by atoms with E-state index >= 15 is 0 Å². The topological polar surface area (TPSA) is 38.0 Å². The summed E-state index contributed by atoms with van der Waals surface area (Å²) in [6, 6.07) is 10.5. The van der Waals surface area contributed by atoms with Gasteiger partial charge in [-0.15, -0.1) is 0 Å². The predicted molar refractivity (Wildman–Crippen MR) is 63.8 cm³/mol. The number of fused-ring (bicyclic) bond motifs is 3. The Bertz CT molecular complexity index is 517. The first-order chi connectivity index (χ1) is 7.36. The Morgan fingerprint density at radius 3 is 2.80 bits per heavy atom. The van der Waals surface area contributed by atoms with Crippen molar-refractivity contribution in [3.05, 3.63) is 41.5 Å². The van der Waals surface area contributed by atoms with Crippen molar-refractivity contribution in [2.45, 2.75) is 13.0 Å². The van der Waals surface area contributed by atoms with E-state index in [2.05, 4.69) is 29.6 Å². The predicted octanol–water partition coefficient (Wildman–Crippen LogP) is 2.07. The summed E-state index contributed by atoms with van der Waals surface area (Å²) in [5.74, 6) is 0. The van der Waals surface area contributed by atoms with Crippen LogP contribution in [0.2, 0.25) is 0 Å². The summed E-state index contributed by atoms with van der Waals surface area (Å²) in [6.07, 6.45) is 1.09. The quantitative estimate of drug-likeness (QED) is 0.636. The summed E-state index contributed by atoms with van der Waals surface area (Å²) < 4.78 is 0. The average molecular weight is 198 g/mol. The highest BCUT2D eigenvalue weighted by atomic mass is 14.9. The minimum Gasteiger partial charge on any atom is -0.398 e. The molecule has 76 valence electrons. The summed E-state index contributed by atoms with van der Waals surface area (Å²) in [6.45, 7) is 2.03. The molecular weight excluding hydrogens is 184 g/mol. The summed E-state index contributed by atoms with van der Waals surface area (Å²) in [7, 11) is 0. The molecule has 0 unspecified atom stereocenters. The molecule has 15 heavy (non-hydrogen) atoms. The first-order valence-corrected chi connectivity index (χ1v) is 5.36. The Morgan fingerprint density at radius 1 is 1.13 bits per heavy atom. The average Bonchev–Trinajstić information content (AvgIpc) is 2.30. The van der Waals surface area contributed by atoms with Gasteiger partial charge >= 0.3 is 0 Å². The second-order valence-corrected chi connectivity index (χ2v) is 4.08. The summed E-state index contributed by atoms with van der Waals surface area (Å²) >= 11 is 0. The Morgan fingerprint density at radius 2 is 1.93 bits per heavy atom. The monoisotopic (exact) mass is 198 g/mol. The van der Waals surface area contributed by atoms with Crippen LogP contribution in [0.1, 0.15) is 11.1 Å². The highest BCUT2D eigenvalue weighted by molar-refractivity contribution is 5.96. The molecule has 3 N–H and O–H groups in total. The third-order valence-corrected chi connectivity index (χ3v) is 3.15. The van der Waals surface area contributed by atoms with Gasteiger partial charge in [-0.3, -0.25) is 0 Å². The zero-order valence-corrected chi connectivity index (χ0v) is 8.59. The molecule has 2 aromatic rings. The lowest BCUT2D eigenvalue weighted by Crippen LogP contribution is -2.24. The normalized spacial score (nSPS) is 15.2. The van der Waals surface area contributed by atoms with Crippen molar-refractivity contribution in [1.82, 2.24) is 5.32 Å². The van der Waals surface area contributed by atoms with Crippen LogP contribution in [0, 0.1) is 0 Å². The third-order valence-electron chi connectivity index (χ3n) is 3.15. The van der Waals surface area contributed by atoms with Crippen LogP contribution < -0.4 is 11.1 Å². The molecule has 0 atom stereocenters. The highest BCUT2D eigenvalue weighted by Gasteiger charge is 2.13. The minimum atomic E-state index is 0.909. The molecule has 0 saturated heterocycles. The van der Waals surface area contributed by atoms with Crippen molar-refractivity contribution in [1.29, 1.82) is 0 Å². The van der Waals surface area contributed by atoms with E-state index in [0.717, 1.165) is 25.2 Å². The number of hydrogen-bond acceptors (Lipinski definition) is 2. The van der Waals surface area contributed by atoms with Gasteiger partial charge in [0.05, 0.1) is 0 Å². The number of nitrogen functional groups attached to an aromatic ring is 1. The van der Waals surface area contributed by atoms with Gasteiger partial charge in [0.1, 0.15) is 0 Å². The van der Waals surface area contributed by atoms with E-state index < -0.39 is 0 Å². The molecule has 2 heteroatoms. The first kappa shape index (κ1) is 8.74. The van der Waals surface area contributed by atoms with Crippen LogP contribution in [0.3, 0.4) is 0 Å². The molecule has 1 heterocycles. The standard InChI is InChI=1S/C13H14N2/c14-13-7-9-5-6-15-8-12(9)10-3-1-2-4-11(10)13/h1-4,7,15H,5-6,8,14H2. The van der Waals surface area contributed by atoms with Crippen LogP contribution >= 0.6 is 0 Å². The van der Waals surface area contributed by atoms with Crippen molar-refractivity contribution in [2.24, 2.45) is 0 Å². The fraction of sp³-hybridized carbons (Fsp3) is 0.231. The number of benzene rings is 2. The lowest BCUT2D eigenvalue weighted by molar-refractivity contribution is 0.648. The van der Waals surface area contributed by atoms with Gasteiger partial charge in [-0.25, -0.2) is 0 Å². The number of hydrogen-bond donors (Lipinski definition) is 2. The van der Waals surface area contributed by atoms with Crippen LogP contribution in [-0.4, -0.2) is 6.54 Å². The number of nitrogens with two attached hydrogens (primary N) is 1. The van der Waals surface area contributed by atoms with Gasteiger partial charge in [0.15, 0.2) is 0 Å². The van der Waals surface area contributed by atoms with Gasteiger partial charge in [0, 0.05) is 17.6 Å². The van der Waals surface area contributed by atoms with Gasteiger partial charge < -0.3 is 11.1 Å². The second-order valence-electron chi connectivity index (χ2n) is 4.08. The van der Waals surface area contributed by atoms with Crippen LogP contribution in [0.5, 0.6) is 0 Å². The van der Waals surface area contributed by atoms with Crippen molar-refractivity contribution in [3.8, 4) is 0 Å². The molecule has 0 radical (unpaired) electrons. The Balaban J connectivity index is 2.39. The molecule has 0 saturated carbocycles. The maximum absolute atomic E-state index is 6.06. The molecule has 0 spiro atoms. The summed E-state index contributed by atoms with van der Waals surface area (Å²) in [5.41, 5.74) is 9.80. The van der Waals surface area contributed by atoms with Gasteiger partial charge in [-0.2, -0.15) is 0 Å². The lowest BCUT2D eigenvalue weighted by atomic mass is 9.93. The van der Waals surface area contributed by atoms with E-state index in [-0.39, 0.29) is 0 Å². The molecule has 2 aromatic carbocycles.